The van der Waals surface area contributed by atoms with Gasteiger partial charge in [-0.25, -0.2) is 0 Å². The molecule has 1 heterocycles. The highest BCUT2D eigenvalue weighted by atomic mass is 16.7. The van der Waals surface area contributed by atoms with Crippen LogP contribution in [-0.4, -0.2) is 18.0 Å². The van der Waals surface area contributed by atoms with Crippen LogP contribution < -0.4 is 0 Å². The summed E-state index contributed by atoms with van der Waals surface area (Å²) in [5, 5.41) is 0. The molecular formula is C23H36O2. The zero-order chi connectivity index (χ0) is 18.6. The SMILES string of the molecule is C/C1=C\C=C(/C(C)C)[C@H]2OC(C)(C)O[C@H]2/C(C)=C/CC/C(C)=C/CC1. The highest BCUT2D eigenvalue weighted by molar-refractivity contribution is 5.27. The van der Waals surface area contributed by atoms with Crippen LogP contribution in [-0.2, 0) is 9.47 Å². The molecule has 25 heavy (non-hydrogen) atoms. The van der Waals surface area contributed by atoms with E-state index in [1.165, 1.54) is 22.3 Å². The van der Waals surface area contributed by atoms with E-state index in [2.05, 4.69) is 58.9 Å². The van der Waals surface area contributed by atoms with Crippen molar-refractivity contribution in [3.8, 4) is 0 Å². The van der Waals surface area contributed by atoms with Crippen molar-refractivity contribution >= 4 is 0 Å². The number of ether oxygens (including phenoxy) is 2. The first-order chi connectivity index (χ1) is 11.7. The fourth-order valence-corrected chi connectivity index (χ4v) is 3.57. The van der Waals surface area contributed by atoms with E-state index < -0.39 is 5.79 Å². The highest BCUT2D eigenvalue weighted by Crippen LogP contribution is 2.38. The molecule has 0 radical (unpaired) electrons. The monoisotopic (exact) mass is 344 g/mol. The van der Waals surface area contributed by atoms with Crippen molar-refractivity contribution in [1.82, 2.24) is 0 Å². The van der Waals surface area contributed by atoms with Gasteiger partial charge in [0.1, 0.15) is 12.2 Å². The van der Waals surface area contributed by atoms with Crippen LogP contribution in [0.4, 0.5) is 0 Å². The molecule has 2 heteroatoms. The molecule has 2 aliphatic rings. The van der Waals surface area contributed by atoms with Crippen LogP contribution >= 0.6 is 0 Å². The molecule has 0 amide bonds. The molecule has 1 aliphatic carbocycles. The maximum absolute atomic E-state index is 6.34. The Labute approximate surface area is 154 Å². The van der Waals surface area contributed by atoms with E-state index in [1.807, 2.05) is 13.8 Å². The summed E-state index contributed by atoms with van der Waals surface area (Å²) in [6.45, 7) is 15.2. The van der Waals surface area contributed by atoms with Gasteiger partial charge in [-0.05, 0) is 77.4 Å². The van der Waals surface area contributed by atoms with E-state index in [0.717, 1.165) is 25.7 Å². The van der Waals surface area contributed by atoms with Crippen LogP contribution in [0.3, 0.4) is 0 Å². The fraction of sp³-hybridized carbons (Fsp3) is 0.652. The standard InChI is InChI=1S/C23H36O2/c1-16(2)20-15-14-18(4)11-8-10-17(3)12-9-13-19(5)21-22(20)25-23(6,7)24-21/h10,13-16,21-22H,8-9,11-12H2,1-7H3/b17-10+,18-14+,19-13+,20-15+/t21-,22+/m0/s1. The summed E-state index contributed by atoms with van der Waals surface area (Å²) in [6.07, 6.45) is 13.7. The molecule has 0 unspecified atom stereocenters. The van der Waals surface area contributed by atoms with E-state index in [1.54, 1.807) is 0 Å². The lowest BCUT2D eigenvalue weighted by atomic mass is 9.90. The Hall–Kier alpha value is -1.12. The fourth-order valence-electron chi connectivity index (χ4n) is 3.57. The molecule has 140 valence electrons. The van der Waals surface area contributed by atoms with Gasteiger partial charge in [0.15, 0.2) is 5.79 Å². The van der Waals surface area contributed by atoms with Crippen LogP contribution in [0.1, 0.15) is 74.1 Å². The molecule has 2 rings (SSSR count). The molecule has 2 atom stereocenters. The van der Waals surface area contributed by atoms with Gasteiger partial charge in [-0.1, -0.05) is 49.3 Å². The average Bonchev–Trinajstić information content (AvgIpc) is 2.82. The molecule has 1 aliphatic heterocycles. The Morgan fingerprint density at radius 3 is 2.16 bits per heavy atom. The van der Waals surface area contributed by atoms with Gasteiger partial charge in [-0.2, -0.15) is 0 Å². The van der Waals surface area contributed by atoms with Gasteiger partial charge in [0.05, 0.1) is 0 Å². The van der Waals surface area contributed by atoms with Gasteiger partial charge < -0.3 is 9.47 Å². The second-order valence-electron chi connectivity index (χ2n) is 8.39. The molecule has 1 fully saturated rings. The minimum Gasteiger partial charge on any atom is -0.340 e. The zero-order valence-corrected chi connectivity index (χ0v) is 17.2. The molecular weight excluding hydrogens is 308 g/mol. The third-order valence-corrected chi connectivity index (χ3v) is 5.14. The number of allylic oxidation sites excluding steroid dienone is 6. The van der Waals surface area contributed by atoms with Gasteiger partial charge in [0.25, 0.3) is 0 Å². The van der Waals surface area contributed by atoms with Crippen LogP contribution in [0.15, 0.2) is 46.6 Å². The van der Waals surface area contributed by atoms with Crippen LogP contribution in [0.5, 0.6) is 0 Å². The number of hydrogen-bond donors (Lipinski definition) is 0. The second kappa shape index (κ2) is 8.51. The molecule has 0 N–H and O–H groups in total. The molecule has 0 aromatic carbocycles. The Kier molecular flexibility index (Phi) is 6.87. The Morgan fingerprint density at radius 2 is 1.48 bits per heavy atom. The maximum Gasteiger partial charge on any atom is 0.164 e. The predicted octanol–water partition coefficient (Wildman–Crippen LogP) is 6.50. The summed E-state index contributed by atoms with van der Waals surface area (Å²) in [5.41, 5.74) is 5.51. The lowest BCUT2D eigenvalue weighted by Gasteiger charge is -2.23. The number of fused-ring (bicyclic) bond motifs is 1. The number of hydrogen-bond acceptors (Lipinski definition) is 2. The van der Waals surface area contributed by atoms with Crippen molar-refractivity contribution in [2.75, 3.05) is 0 Å². The summed E-state index contributed by atoms with van der Waals surface area (Å²) in [6, 6.07) is 0. The predicted molar refractivity (Wildman–Crippen MR) is 106 cm³/mol. The van der Waals surface area contributed by atoms with E-state index in [0.29, 0.717) is 5.92 Å². The summed E-state index contributed by atoms with van der Waals surface area (Å²) in [7, 11) is 0. The first-order valence-corrected chi connectivity index (χ1v) is 9.75. The summed E-state index contributed by atoms with van der Waals surface area (Å²) in [4.78, 5) is 0. The van der Waals surface area contributed by atoms with E-state index in [-0.39, 0.29) is 12.2 Å². The first-order valence-electron chi connectivity index (χ1n) is 9.75. The summed E-state index contributed by atoms with van der Waals surface area (Å²) >= 11 is 0. The van der Waals surface area contributed by atoms with E-state index in [9.17, 15) is 0 Å². The van der Waals surface area contributed by atoms with Crippen LogP contribution in [0.25, 0.3) is 0 Å². The highest BCUT2D eigenvalue weighted by Gasteiger charge is 2.43. The normalized spacial score (nSPS) is 36.8. The first kappa shape index (κ1) is 20.2. The average molecular weight is 345 g/mol. The molecule has 0 bridgehead atoms. The minimum absolute atomic E-state index is 0.00424. The van der Waals surface area contributed by atoms with Gasteiger partial charge in [0, 0.05) is 0 Å². The van der Waals surface area contributed by atoms with Crippen molar-refractivity contribution in [1.29, 1.82) is 0 Å². The largest absolute Gasteiger partial charge is 0.340 e. The van der Waals surface area contributed by atoms with Crippen molar-refractivity contribution in [2.45, 2.75) is 92.1 Å². The smallest absolute Gasteiger partial charge is 0.164 e. The quantitative estimate of drug-likeness (QED) is 0.505. The zero-order valence-electron chi connectivity index (χ0n) is 17.2. The Balaban J connectivity index is 2.42. The third-order valence-electron chi connectivity index (χ3n) is 5.14. The molecule has 0 saturated carbocycles. The van der Waals surface area contributed by atoms with Gasteiger partial charge in [-0.15, -0.1) is 0 Å². The van der Waals surface area contributed by atoms with E-state index in [4.69, 9.17) is 9.47 Å². The Bertz CT molecular complexity index is 587. The van der Waals surface area contributed by atoms with Crippen LogP contribution in [0.2, 0.25) is 0 Å². The molecule has 0 aromatic heterocycles. The molecule has 0 aromatic rings. The van der Waals surface area contributed by atoms with Gasteiger partial charge in [0.2, 0.25) is 0 Å². The molecule has 2 nitrogen and oxygen atoms in total. The van der Waals surface area contributed by atoms with Crippen molar-refractivity contribution in [3.05, 3.63) is 46.6 Å². The van der Waals surface area contributed by atoms with E-state index >= 15 is 0 Å². The molecule has 0 spiro atoms. The van der Waals surface area contributed by atoms with Crippen molar-refractivity contribution < 1.29 is 9.47 Å². The Morgan fingerprint density at radius 1 is 0.880 bits per heavy atom. The summed E-state index contributed by atoms with van der Waals surface area (Å²) < 4.78 is 12.6. The lowest BCUT2D eigenvalue weighted by molar-refractivity contribution is -0.141. The lowest BCUT2D eigenvalue weighted by Crippen LogP contribution is -2.28. The maximum atomic E-state index is 6.34. The second-order valence-corrected chi connectivity index (χ2v) is 8.39. The minimum atomic E-state index is -0.541. The van der Waals surface area contributed by atoms with Gasteiger partial charge >= 0.3 is 0 Å². The summed E-state index contributed by atoms with van der Waals surface area (Å²) in [5.74, 6) is -0.113. The van der Waals surface area contributed by atoms with Crippen molar-refractivity contribution in [3.63, 3.8) is 0 Å². The molecule has 1 saturated heterocycles. The third kappa shape index (κ3) is 5.69. The van der Waals surface area contributed by atoms with Crippen LogP contribution in [0, 0.1) is 5.92 Å². The topological polar surface area (TPSA) is 18.5 Å². The van der Waals surface area contributed by atoms with Gasteiger partial charge in [-0.3, -0.25) is 0 Å². The number of rotatable bonds is 1. The van der Waals surface area contributed by atoms with Crippen molar-refractivity contribution in [2.24, 2.45) is 5.92 Å².